The van der Waals surface area contributed by atoms with Crippen molar-refractivity contribution >= 4 is 22.0 Å². The van der Waals surface area contributed by atoms with Gasteiger partial charge < -0.3 is 10.0 Å². The molecule has 1 heterocycles. The summed E-state index contributed by atoms with van der Waals surface area (Å²) >= 11 is 1.31. The number of aliphatic hydroxyl groups excluding tert-OH is 1. The van der Waals surface area contributed by atoms with Gasteiger partial charge in [0.25, 0.3) is 0 Å². The van der Waals surface area contributed by atoms with Gasteiger partial charge in [-0.05, 0) is 25.7 Å². The van der Waals surface area contributed by atoms with Gasteiger partial charge in [-0.1, -0.05) is 6.42 Å². The number of thiophene rings is 1. The number of hydrogen-bond acceptors (Lipinski definition) is 5. The Morgan fingerprint density at radius 2 is 2.33 bits per heavy atom. The highest BCUT2D eigenvalue weighted by Crippen LogP contribution is 2.40. The van der Waals surface area contributed by atoms with Crippen LogP contribution in [0.25, 0.3) is 0 Å². The maximum absolute atomic E-state index is 11.0. The predicted octanol–water partition coefficient (Wildman–Crippen LogP) is 2.95. The molecule has 5 nitrogen and oxygen atoms in total. The molecular weight excluding hydrogens is 252 g/mol. The van der Waals surface area contributed by atoms with Gasteiger partial charge in [-0.2, -0.15) is 0 Å². The first-order chi connectivity index (χ1) is 8.49. The van der Waals surface area contributed by atoms with Crippen molar-refractivity contribution < 1.29 is 10.0 Å². The zero-order valence-electron chi connectivity index (χ0n) is 10.6. The van der Waals surface area contributed by atoms with Crippen molar-refractivity contribution in [1.29, 1.82) is 0 Å². The molecule has 6 heteroatoms. The van der Waals surface area contributed by atoms with Crippen LogP contribution in [0.2, 0.25) is 0 Å². The van der Waals surface area contributed by atoms with Crippen LogP contribution in [-0.4, -0.2) is 23.6 Å². The second kappa shape index (κ2) is 5.24. The zero-order chi connectivity index (χ0) is 13.3. The minimum atomic E-state index is -0.653. The Morgan fingerprint density at radius 1 is 1.67 bits per heavy atom. The highest BCUT2D eigenvalue weighted by atomic mass is 32.1. The maximum Gasteiger partial charge on any atom is 0.304 e. The van der Waals surface area contributed by atoms with Crippen molar-refractivity contribution in [3.05, 3.63) is 21.1 Å². The zero-order valence-corrected chi connectivity index (χ0v) is 11.4. The molecule has 100 valence electrons. The lowest BCUT2D eigenvalue weighted by Gasteiger charge is -2.30. The minimum absolute atomic E-state index is 0.109. The summed E-state index contributed by atoms with van der Waals surface area (Å²) in [6, 6.07) is 1.49. The van der Waals surface area contributed by atoms with E-state index in [0.717, 1.165) is 6.54 Å². The van der Waals surface area contributed by atoms with E-state index in [1.807, 2.05) is 11.9 Å². The largest absolute Gasteiger partial charge is 0.388 e. The summed E-state index contributed by atoms with van der Waals surface area (Å²) in [6.45, 7) is 2.49. The second-order valence-electron chi connectivity index (χ2n) is 4.95. The van der Waals surface area contributed by atoms with Crippen LogP contribution in [0.1, 0.15) is 37.2 Å². The molecule has 1 aromatic heterocycles. The molecule has 1 fully saturated rings. The number of hydrogen-bond donors (Lipinski definition) is 1. The van der Waals surface area contributed by atoms with E-state index >= 15 is 0 Å². The van der Waals surface area contributed by atoms with Gasteiger partial charge in [0, 0.05) is 24.5 Å². The van der Waals surface area contributed by atoms with E-state index in [4.69, 9.17) is 0 Å². The van der Waals surface area contributed by atoms with E-state index in [2.05, 4.69) is 0 Å². The lowest BCUT2D eigenvalue weighted by atomic mass is 9.85. The molecule has 1 atom stereocenters. The Kier molecular flexibility index (Phi) is 3.87. The van der Waals surface area contributed by atoms with Crippen LogP contribution >= 0.6 is 11.3 Å². The summed E-state index contributed by atoms with van der Waals surface area (Å²) in [5.41, 5.74) is 0.109. The average Bonchev–Trinajstić information content (AvgIpc) is 2.68. The Balaban J connectivity index is 2.20. The fourth-order valence-electron chi connectivity index (χ4n) is 2.15. The molecule has 1 aliphatic rings. The van der Waals surface area contributed by atoms with Crippen LogP contribution in [0.3, 0.4) is 0 Å². The molecule has 0 radical (unpaired) electrons. The van der Waals surface area contributed by atoms with Crippen LogP contribution in [-0.2, 0) is 0 Å². The van der Waals surface area contributed by atoms with Crippen LogP contribution in [0, 0.1) is 16.0 Å². The average molecular weight is 270 g/mol. The van der Waals surface area contributed by atoms with Gasteiger partial charge in [0.05, 0.1) is 11.0 Å². The fourth-order valence-corrected chi connectivity index (χ4v) is 3.18. The van der Waals surface area contributed by atoms with Crippen molar-refractivity contribution in [1.82, 2.24) is 0 Å². The quantitative estimate of drug-likeness (QED) is 0.660. The Morgan fingerprint density at radius 3 is 2.78 bits per heavy atom. The Labute approximate surface area is 110 Å². The van der Waals surface area contributed by atoms with Crippen LogP contribution in [0.5, 0.6) is 0 Å². The molecule has 1 aliphatic carbocycles. The molecule has 0 bridgehead atoms. The lowest BCUT2D eigenvalue weighted by molar-refractivity contribution is -0.383. The number of nitrogens with zero attached hydrogens (tertiary/aromatic N) is 2. The third-order valence-electron chi connectivity index (χ3n) is 3.42. The molecule has 0 saturated heterocycles. The highest BCUT2D eigenvalue weighted by Gasteiger charge is 2.26. The van der Waals surface area contributed by atoms with Crippen LogP contribution in [0.4, 0.5) is 10.7 Å². The summed E-state index contributed by atoms with van der Waals surface area (Å²) in [5.74, 6) is 0.659. The summed E-state index contributed by atoms with van der Waals surface area (Å²) in [4.78, 5) is 13.3. The molecule has 1 aromatic rings. The normalized spacial score (nSPS) is 17.3. The maximum atomic E-state index is 11.0. The predicted molar refractivity (Wildman–Crippen MR) is 72.2 cm³/mol. The molecule has 1 saturated carbocycles. The number of nitro groups is 1. The number of aliphatic hydroxyl groups is 1. The van der Waals surface area contributed by atoms with E-state index < -0.39 is 6.10 Å². The van der Waals surface area contributed by atoms with E-state index in [1.165, 1.54) is 36.7 Å². The van der Waals surface area contributed by atoms with E-state index in [1.54, 1.807) is 6.92 Å². The van der Waals surface area contributed by atoms with E-state index in [-0.39, 0.29) is 10.6 Å². The molecule has 2 rings (SSSR count). The summed E-state index contributed by atoms with van der Waals surface area (Å²) in [5, 5.41) is 21.2. The van der Waals surface area contributed by atoms with Gasteiger partial charge in [-0.25, -0.2) is 0 Å². The van der Waals surface area contributed by atoms with Gasteiger partial charge in [-0.15, -0.1) is 11.3 Å². The van der Waals surface area contributed by atoms with Crippen molar-refractivity contribution in [2.24, 2.45) is 5.92 Å². The molecule has 0 amide bonds. The Bertz CT molecular complexity index is 441. The smallest absolute Gasteiger partial charge is 0.304 e. The first kappa shape index (κ1) is 13.3. The minimum Gasteiger partial charge on any atom is -0.388 e. The van der Waals surface area contributed by atoms with Gasteiger partial charge >= 0.3 is 5.69 Å². The number of rotatable bonds is 5. The molecule has 1 N–H and O–H groups in total. The van der Waals surface area contributed by atoms with Gasteiger partial charge in [0.1, 0.15) is 0 Å². The van der Waals surface area contributed by atoms with E-state index in [9.17, 15) is 15.2 Å². The van der Waals surface area contributed by atoms with Gasteiger partial charge in [0.2, 0.25) is 0 Å². The molecule has 0 aliphatic heterocycles. The molecule has 1 unspecified atom stereocenters. The molecule has 0 spiro atoms. The third kappa shape index (κ3) is 2.64. The van der Waals surface area contributed by atoms with Crippen molar-refractivity contribution in [2.45, 2.75) is 32.3 Å². The first-order valence-electron chi connectivity index (χ1n) is 6.16. The fraction of sp³-hybridized carbons (Fsp3) is 0.667. The van der Waals surface area contributed by atoms with Crippen molar-refractivity contribution in [2.75, 3.05) is 18.5 Å². The summed E-state index contributed by atoms with van der Waals surface area (Å²) in [7, 11) is 1.89. The monoisotopic (exact) mass is 270 g/mol. The lowest BCUT2D eigenvalue weighted by Crippen LogP contribution is -2.29. The highest BCUT2D eigenvalue weighted by molar-refractivity contribution is 7.16. The van der Waals surface area contributed by atoms with Crippen molar-refractivity contribution in [3.8, 4) is 0 Å². The second-order valence-corrected chi connectivity index (χ2v) is 6.01. The van der Waals surface area contributed by atoms with Crippen LogP contribution in [0.15, 0.2) is 6.07 Å². The van der Waals surface area contributed by atoms with Gasteiger partial charge in [-0.3, -0.25) is 10.1 Å². The third-order valence-corrected chi connectivity index (χ3v) is 4.83. The van der Waals surface area contributed by atoms with Crippen LogP contribution < -0.4 is 4.90 Å². The topological polar surface area (TPSA) is 66.6 Å². The van der Waals surface area contributed by atoms with Gasteiger partial charge in [0.15, 0.2) is 5.00 Å². The first-order valence-corrected chi connectivity index (χ1v) is 6.98. The summed E-state index contributed by atoms with van der Waals surface area (Å²) in [6.07, 6.45) is 3.04. The Hall–Kier alpha value is -1.14. The van der Waals surface area contributed by atoms with Crippen molar-refractivity contribution in [3.63, 3.8) is 0 Å². The number of anilines is 1. The molecule has 18 heavy (non-hydrogen) atoms. The molecular formula is C12H18N2O3S. The SMILES string of the molecule is CC(O)c1cc([N+](=O)[O-])c(N(C)CC2CCC2)s1. The van der Waals surface area contributed by atoms with E-state index in [0.29, 0.717) is 15.8 Å². The summed E-state index contributed by atoms with van der Waals surface area (Å²) < 4.78 is 0. The molecule has 0 aromatic carbocycles. The standard InChI is InChI=1S/C12H18N2O3S/c1-8(15)11-6-10(14(16)17)12(18-11)13(2)7-9-4-3-5-9/h6,8-9,15H,3-5,7H2,1-2H3.